The molecule has 16 heavy (non-hydrogen) atoms. The Hall–Kier alpha value is -1.05. The van der Waals surface area contributed by atoms with Gasteiger partial charge >= 0.3 is 0 Å². The van der Waals surface area contributed by atoms with Crippen LogP contribution < -0.4 is 5.32 Å². The van der Waals surface area contributed by atoms with Crippen molar-refractivity contribution in [3.05, 3.63) is 47.0 Å². The predicted octanol–water partition coefficient (Wildman–Crippen LogP) is 3.92. The zero-order chi connectivity index (χ0) is 11.0. The predicted molar refractivity (Wildman–Crippen MR) is 68.9 cm³/mol. The molecule has 0 aliphatic carbocycles. The van der Waals surface area contributed by atoms with Crippen LogP contribution in [0.2, 0.25) is 5.02 Å². The monoisotopic (exact) mass is 231 g/mol. The Morgan fingerprint density at radius 3 is 2.94 bits per heavy atom. The van der Waals surface area contributed by atoms with E-state index in [1.54, 1.807) is 0 Å². The van der Waals surface area contributed by atoms with Crippen molar-refractivity contribution in [1.82, 2.24) is 5.32 Å². The highest BCUT2D eigenvalue weighted by Gasteiger charge is 2.17. The van der Waals surface area contributed by atoms with Gasteiger partial charge in [0.15, 0.2) is 0 Å². The summed E-state index contributed by atoms with van der Waals surface area (Å²) < 4.78 is 0. The Morgan fingerprint density at radius 2 is 2.12 bits per heavy atom. The molecule has 1 aliphatic rings. The standard InChI is InChI=1S/C14H14ClN/c15-11-6-7-12-10(9-11)3-1-4-13(12)14-5-2-8-16-14/h1,3-4,6-7,9,14,16H,2,5,8H2. The van der Waals surface area contributed by atoms with E-state index in [1.807, 2.05) is 12.1 Å². The molecule has 2 aromatic carbocycles. The summed E-state index contributed by atoms with van der Waals surface area (Å²) in [4.78, 5) is 0. The summed E-state index contributed by atoms with van der Waals surface area (Å²) in [5.41, 5.74) is 1.41. The molecule has 1 atom stereocenters. The second-order valence-electron chi connectivity index (χ2n) is 4.36. The normalized spacial score (nSPS) is 20.4. The summed E-state index contributed by atoms with van der Waals surface area (Å²) in [6.45, 7) is 1.13. The van der Waals surface area contributed by atoms with E-state index in [4.69, 9.17) is 11.6 Å². The molecule has 2 aromatic rings. The van der Waals surface area contributed by atoms with E-state index in [0.717, 1.165) is 11.6 Å². The first-order valence-electron chi connectivity index (χ1n) is 5.76. The highest BCUT2D eigenvalue weighted by Crippen LogP contribution is 2.30. The number of nitrogens with one attached hydrogen (secondary N) is 1. The average molecular weight is 232 g/mol. The minimum Gasteiger partial charge on any atom is -0.310 e. The van der Waals surface area contributed by atoms with E-state index in [1.165, 1.54) is 29.2 Å². The van der Waals surface area contributed by atoms with Crippen molar-refractivity contribution >= 4 is 22.4 Å². The van der Waals surface area contributed by atoms with Crippen molar-refractivity contribution in [3.8, 4) is 0 Å². The first kappa shape index (κ1) is 10.1. The Labute approximate surface area is 100 Å². The summed E-state index contributed by atoms with van der Waals surface area (Å²) in [5.74, 6) is 0. The lowest BCUT2D eigenvalue weighted by atomic mass is 9.98. The van der Waals surface area contributed by atoms with Crippen molar-refractivity contribution in [2.45, 2.75) is 18.9 Å². The molecule has 0 bridgehead atoms. The molecule has 1 aliphatic heterocycles. The molecular weight excluding hydrogens is 218 g/mol. The molecule has 82 valence electrons. The van der Waals surface area contributed by atoms with Crippen LogP contribution in [-0.2, 0) is 0 Å². The van der Waals surface area contributed by atoms with Gasteiger partial charge in [0.1, 0.15) is 0 Å². The van der Waals surface area contributed by atoms with Gasteiger partial charge in [-0.1, -0.05) is 35.9 Å². The van der Waals surface area contributed by atoms with Crippen LogP contribution in [0.15, 0.2) is 36.4 Å². The van der Waals surface area contributed by atoms with Crippen molar-refractivity contribution in [2.75, 3.05) is 6.54 Å². The number of rotatable bonds is 1. The molecule has 0 spiro atoms. The summed E-state index contributed by atoms with van der Waals surface area (Å²) in [7, 11) is 0. The second-order valence-corrected chi connectivity index (χ2v) is 4.80. The van der Waals surface area contributed by atoms with Crippen LogP contribution in [0.1, 0.15) is 24.4 Å². The zero-order valence-corrected chi connectivity index (χ0v) is 9.80. The van der Waals surface area contributed by atoms with Crippen molar-refractivity contribution in [3.63, 3.8) is 0 Å². The Morgan fingerprint density at radius 1 is 1.19 bits per heavy atom. The third kappa shape index (κ3) is 1.70. The summed E-state index contributed by atoms with van der Waals surface area (Å²) >= 11 is 6.02. The van der Waals surface area contributed by atoms with Crippen LogP contribution in [-0.4, -0.2) is 6.54 Å². The fourth-order valence-electron chi connectivity index (χ4n) is 2.53. The SMILES string of the molecule is Clc1ccc2c(C3CCCN3)cccc2c1. The van der Waals surface area contributed by atoms with Crippen molar-refractivity contribution in [1.29, 1.82) is 0 Å². The molecule has 1 N–H and O–H groups in total. The van der Waals surface area contributed by atoms with E-state index in [9.17, 15) is 0 Å². The first-order valence-corrected chi connectivity index (χ1v) is 6.14. The van der Waals surface area contributed by atoms with Gasteiger partial charge in [0, 0.05) is 11.1 Å². The highest BCUT2D eigenvalue weighted by molar-refractivity contribution is 6.31. The van der Waals surface area contributed by atoms with Crippen molar-refractivity contribution in [2.24, 2.45) is 0 Å². The molecule has 0 aromatic heterocycles. The fourth-order valence-corrected chi connectivity index (χ4v) is 2.71. The number of fused-ring (bicyclic) bond motifs is 1. The van der Waals surface area contributed by atoms with Crippen LogP contribution >= 0.6 is 11.6 Å². The van der Waals surface area contributed by atoms with Gasteiger partial charge in [0.2, 0.25) is 0 Å². The maximum Gasteiger partial charge on any atom is 0.0412 e. The minimum atomic E-state index is 0.518. The summed E-state index contributed by atoms with van der Waals surface area (Å²) in [5, 5.41) is 6.92. The fraction of sp³-hybridized carbons (Fsp3) is 0.286. The topological polar surface area (TPSA) is 12.0 Å². The van der Waals surface area contributed by atoms with Gasteiger partial charge in [-0.05, 0) is 47.9 Å². The van der Waals surface area contributed by atoms with Gasteiger partial charge in [0.05, 0.1) is 0 Å². The molecular formula is C14H14ClN. The van der Waals surface area contributed by atoms with E-state index in [-0.39, 0.29) is 0 Å². The first-order chi connectivity index (χ1) is 7.84. The molecule has 0 amide bonds. The maximum atomic E-state index is 6.02. The Bertz CT molecular complexity index is 515. The maximum absolute atomic E-state index is 6.02. The molecule has 1 unspecified atom stereocenters. The molecule has 3 rings (SSSR count). The van der Waals surface area contributed by atoms with Gasteiger partial charge in [0.25, 0.3) is 0 Å². The Balaban J connectivity index is 2.16. The molecule has 1 saturated heterocycles. The van der Waals surface area contributed by atoms with Gasteiger partial charge in [-0.2, -0.15) is 0 Å². The molecule has 1 nitrogen and oxygen atoms in total. The summed E-state index contributed by atoms with van der Waals surface area (Å²) in [6.07, 6.45) is 2.51. The van der Waals surface area contributed by atoms with Crippen LogP contribution in [0.25, 0.3) is 10.8 Å². The minimum absolute atomic E-state index is 0.518. The van der Waals surface area contributed by atoms with Gasteiger partial charge in [-0.15, -0.1) is 0 Å². The zero-order valence-electron chi connectivity index (χ0n) is 9.04. The number of benzene rings is 2. The number of hydrogen-bond donors (Lipinski definition) is 1. The summed E-state index contributed by atoms with van der Waals surface area (Å²) in [6, 6.07) is 13.1. The van der Waals surface area contributed by atoms with Crippen molar-refractivity contribution < 1.29 is 0 Å². The molecule has 0 saturated carbocycles. The van der Waals surface area contributed by atoms with Crippen LogP contribution in [0.4, 0.5) is 0 Å². The molecule has 1 heterocycles. The van der Waals surface area contributed by atoms with Gasteiger partial charge in [-0.3, -0.25) is 0 Å². The smallest absolute Gasteiger partial charge is 0.0412 e. The largest absolute Gasteiger partial charge is 0.310 e. The van der Waals surface area contributed by atoms with Crippen LogP contribution in [0, 0.1) is 0 Å². The van der Waals surface area contributed by atoms with Crippen LogP contribution in [0.5, 0.6) is 0 Å². The molecule has 1 fully saturated rings. The second kappa shape index (κ2) is 4.08. The van der Waals surface area contributed by atoms with E-state index in [0.29, 0.717) is 6.04 Å². The van der Waals surface area contributed by atoms with E-state index >= 15 is 0 Å². The highest BCUT2D eigenvalue weighted by atomic mass is 35.5. The quantitative estimate of drug-likeness (QED) is 0.785. The molecule has 2 heteroatoms. The third-order valence-electron chi connectivity index (χ3n) is 3.31. The average Bonchev–Trinajstić information content (AvgIpc) is 2.81. The van der Waals surface area contributed by atoms with E-state index < -0.39 is 0 Å². The lowest BCUT2D eigenvalue weighted by Crippen LogP contribution is -2.12. The number of hydrogen-bond acceptors (Lipinski definition) is 1. The van der Waals surface area contributed by atoms with E-state index in [2.05, 4.69) is 29.6 Å². The van der Waals surface area contributed by atoms with Crippen LogP contribution in [0.3, 0.4) is 0 Å². The Kier molecular flexibility index (Phi) is 2.58. The van der Waals surface area contributed by atoms with Gasteiger partial charge in [-0.25, -0.2) is 0 Å². The number of halogens is 1. The van der Waals surface area contributed by atoms with Gasteiger partial charge < -0.3 is 5.32 Å². The third-order valence-corrected chi connectivity index (χ3v) is 3.55. The lowest BCUT2D eigenvalue weighted by Gasteiger charge is -2.13. The molecule has 0 radical (unpaired) electrons. The lowest BCUT2D eigenvalue weighted by molar-refractivity contribution is 0.653.